The molecule has 2 N–H and O–H groups in total. The number of rotatable bonds is 3. The van der Waals surface area contributed by atoms with Crippen LogP contribution in [0.25, 0.3) is 0 Å². The summed E-state index contributed by atoms with van der Waals surface area (Å²) in [6, 6.07) is 0. The third kappa shape index (κ3) is 3.51. The van der Waals surface area contributed by atoms with Crippen LogP contribution in [0.4, 0.5) is 0 Å². The average molecular weight is 206 g/mol. The van der Waals surface area contributed by atoms with Crippen LogP contribution < -0.4 is 0 Å². The molecule has 5 heteroatoms. The SMILES string of the molecule is CCC1=C(OP(=O)(O)O)CCCC1. The molecule has 1 aliphatic rings. The number of allylic oxidation sites excluding steroid dienone is 2. The summed E-state index contributed by atoms with van der Waals surface area (Å²) < 4.78 is 15.2. The molecule has 0 saturated heterocycles. The maximum Gasteiger partial charge on any atom is 0.524 e. The largest absolute Gasteiger partial charge is 0.524 e. The van der Waals surface area contributed by atoms with Crippen molar-refractivity contribution in [2.24, 2.45) is 0 Å². The molecule has 13 heavy (non-hydrogen) atoms. The standard InChI is InChI=1S/C8H15O4P/c1-2-7-5-3-4-6-8(7)12-13(9,10)11/h2-6H2,1H3,(H2,9,10,11). The molecule has 1 aliphatic carbocycles. The van der Waals surface area contributed by atoms with Crippen molar-refractivity contribution >= 4 is 7.82 Å². The molecule has 0 aliphatic heterocycles. The highest BCUT2D eigenvalue weighted by Gasteiger charge is 2.21. The molecule has 76 valence electrons. The van der Waals surface area contributed by atoms with Gasteiger partial charge in [-0.05, 0) is 31.3 Å². The Balaban J connectivity index is 2.74. The molecular weight excluding hydrogens is 191 g/mol. The summed E-state index contributed by atoms with van der Waals surface area (Å²) in [7, 11) is -4.34. The van der Waals surface area contributed by atoms with Gasteiger partial charge < -0.3 is 4.52 Å². The van der Waals surface area contributed by atoms with Gasteiger partial charge in [0.25, 0.3) is 0 Å². The van der Waals surface area contributed by atoms with Gasteiger partial charge in [-0.25, -0.2) is 4.57 Å². The average Bonchev–Trinajstić information content (AvgIpc) is 2.02. The van der Waals surface area contributed by atoms with Crippen LogP contribution in [0.15, 0.2) is 11.3 Å². The zero-order chi connectivity index (χ0) is 9.90. The Bertz CT molecular complexity index is 253. The van der Waals surface area contributed by atoms with Gasteiger partial charge in [0.15, 0.2) is 0 Å². The van der Waals surface area contributed by atoms with Crippen molar-refractivity contribution in [2.45, 2.75) is 39.0 Å². The second-order valence-electron chi connectivity index (χ2n) is 3.17. The maximum absolute atomic E-state index is 10.6. The van der Waals surface area contributed by atoms with Crippen LogP contribution in [0.3, 0.4) is 0 Å². The lowest BCUT2D eigenvalue weighted by molar-refractivity contribution is 0.229. The Morgan fingerprint density at radius 3 is 2.54 bits per heavy atom. The summed E-state index contributed by atoms with van der Waals surface area (Å²) in [6.45, 7) is 1.98. The second kappa shape index (κ2) is 4.27. The molecule has 0 radical (unpaired) electrons. The second-order valence-corrected chi connectivity index (χ2v) is 4.33. The molecule has 4 nitrogen and oxygen atoms in total. The minimum Gasteiger partial charge on any atom is -0.409 e. The van der Waals surface area contributed by atoms with Gasteiger partial charge in [0.1, 0.15) is 5.76 Å². The van der Waals surface area contributed by atoms with E-state index in [4.69, 9.17) is 9.79 Å². The number of hydrogen-bond donors (Lipinski definition) is 2. The van der Waals surface area contributed by atoms with E-state index < -0.39 is 7.82 Å². The lowest BCUT2D eigenvalue weighted by atomic mass is 9.96. The van der Waals surface area contributed by atoms with E-state index in [1.54, 1.807) is 0 Å². The van der Waals surface area contributed by atoms with Crippen LogP contribution in [0.5, 0.6) is 0 Å². The Labute approximate surface area is 77.9 Å². The first-order valence-electron chi connectivity index (χ1n) is 4.49. The van der Waals surface area contributed by atoms with Crippen molar-refractivity contribution in [1.82, 2.24) is 0 Å². The molecule has 0 spiro atoms. The highest BCUT2D eigenvalue weighted by atomic mass is 31.2. The Morgan fingerprint density at radius 1 is 1.38 bits per heavy atom. The molecule has 0 aromatic heterocycles. The minimum atomic E-state index is -4.34. The van der Waals surface area contributed by atoms with Crippen molar-refractivity contribution in [1.29, 1.82) is 0 Å². The maximum atomic E-state index is 10.6. The van der Waals surface area contributed by atoms with Gasteiger partial charge in [0.05, 0.1) is 0 Å². The monoisotopic (exact) mass is 206 g/mol. The first-order chi connectivity index (χ1) is 6.03. The molecule has 0 unspecified atom stereocenters. The van der Waals surface area contributed by atoms with Crippen LogP contribution in [0.2, 0.25) is 0 Å². The topological polar surface area (TPSA) is 66.8 Å². The summed E-state index contributed by atoms with van der Waals surface area (Å²) in [5, 5.41) is 0. The first-order valence-corrected chi connectivity index (χ1v) is 6.02. The van der Waals surface area contributed by atoms with Crippen LogP contribution >= 0.6 is 7.82 Å². The van der Waals surface area contributed by atoms with E-state index >= 15 is 0 Å². The van der Waals surface area contributed by atoms with Crippen LogP contribution in [-0.2, 0) is 9.09 Å². The third-order valence-electron chi connectivity index (χ3n) is 2.18. The van der Waals surface area contributed by atoms with Gasteiger partial charge >= 0.3 is 7.82 Å². The fourth-order valence-electron chi connectivity index (χ4n) is 1.57. The molecule has 0 heterocycles. The molecular formula is C8H15O4P. The Kier molecular flexibility index (Phi) is 3.54. The van der Waals surface area contributed by atoms with Gasteiger partial charge in [-0.15, -0.1) is 0 Å². The third-order valence-corrected chi connectivity index (χ3v) is 2.64. The highest BCUT2D eigenvalue weighted by molar-refractivity contribution is 7.46. The summed E-state index contributed by atoms with van der Waals surface area (Å²) in [4.78, 5) is 17.3. The zero-order valence-electron chi connectivity index (χ0n) is 7.69. The Morgan fingerprint density at radius 2 is 2.00 bits per heavy atom. The van der Waals surface area contributed by atoms with Gasteiger partial charge in [-0.1, -0.05) is 6.92 Å². The van der Waals surface area contributed by atoms with Crippen molar-refractivity contribution < 1.29 is 18.9 Å². The predicted octanol–water partition coefficient (Wildman–Crippen LogP) is 2.33. The first kappa shape index (κ1) is 10.8. The van der Waals surface area contributed by atoms with E-state index in [0.29, 0.717) is 12.2 Å². The minimum absolute atomic E-state index is 0.516. The normalized spacial score (nSPS) is 19.0. The highest BCUT2D eigenvalue weighted by Crippen LogP contribution is 2.43. The van der Waals surface area contributed by atoms with Crippen molar-refractivity contribution in [2.75, 3.05) is 0 Å². The van der Waals surface area contributed by atoms with Gasteiger partial charge in [-0.3, -0.25) is 9.79 Å². The molecule has 0 aromatic carbocycles. The zero-order valence-corrected chi connectivity index (χ0v) is 8.59. The fraction of sp³-hybridized carbons (Fsp3) is 0.750. The lowest BCUT2D eigenvalue weighted by Crippen LogP contribution is -2.02. The lowest BCUT2D eigenvalue weighted by Gasteiger charge is -2.19. The van der Waals surface area contributed by atoms with E-state index in [1.165, 1.54) is 0 Å². The summed E-state index contributed by atoms with van der Waals surface area (Å²) in [5.74, 6) is 0.516. The van der Waals surface area contributed by atoms with Crippen molar-refractivity contribution in [3.05, 3.63) is 11.3 Å². The van der Waals surface area contributed by atoms with E-state index in [1.807, 2.05) is 6.92 Å². The molecule has 0 fully saturated rings. The van der Waals surface area contributed by atoms with Crippen LogP contribution in [0, 0.1) is 0 Å². The van der Waals surface area contributed by atoms with Crippen molar-refractivity contribution in [3.63, 3.8) is 0 Å². The van der Waals surface area contributed by atoms with Gasteiger partial charge in [0.2, 0.25) is 0 Å². The molecule has 1 rings (SSSR count). The van der Waals surface area contributed by atoms with Gasteiger partial charge in [-0.2, -0.15) is 0 Å². The fourth-order valence-corrected chi connectivity index (χ4v) is 2.08. The van der Waals surface area contributed by atoms with E-state index in [2.05, 4.69) is 4.52 Å². The van der Waals surface area contributed by atoms with E-state index in [0.717, 1.165) is 31.3 Å². The smallest absolute Gasteiger partial charge is 0.409 e. The van der Waals surface area contributed by atoms with E-state index in [9.17, 15) is 4.57 Å². The summed E-state index contributed by atoms with van der Waals surface area (Å²) >= 11 is 0. The summed E-state index contributed by atoms with van der Waals surface area (Å²) in [5.41, 5.74) is 1.05. The molecule has 0 bridgehead atoms. The number of phosphoric acid groups is 1. The molecule has 0 atom stereocenters. The van der Waals surface area contributed by atoms with E-state index in [-0.39, 0.29) is 0 Å². The summed E-state index contributed by atoms with van der Waals surface area (Å²) in [6.07, 6.45) is 4.44. The predicted molar refractivity (Wildman–Crippen MR) is 48.9 cm³/mol. The van der Waals surface area contributed by atoms with Crippen LogP contribution in [-0.4, -0.2) is 9.79 Å². The number of hydrogen-bond acceptors (Lipinski definition) is 2. The van der Waals surface area contributed by atoms with Gasteiger partial charge in [0, 0.05) is 6.42 Å². The molecule has 0 aromatic rings. The molecule has 0 saturated carbocycles. The van der Waals surface area contributed by atoms with Crippen molar-refractivity contribution in [3.8, 4) is 0 Å². The Hall–Kier alpha value is -0.310. The number of phosphoric ester groups is 1. The van der Waals surface area contributed by atoms with Crippen LogP contribution in [0.1, 0.15) is 39.0 Å². The molecule has 0 amide bonds. The quantitative estimate of drug-likeness (QED) is 0.695.